The Morgan fingerprint density at radius 2 is 1.94 bits per heavy atom. The van der Waals surface area contributed by atoms with E-state index >= 15 is 0 Å². The summed E-state index contributed by atoms with van der Waals surface area (Å²) >= 11 is 0. The highest BCUT2D eigenvalue weighted by Crippen LogP contribution is 2.20. The summed E-state index contributed by atoms with van der Waals surface area (Å²) < 4.78 is 0. The predicted molar refractivity (Wildman–Crippen MR) is 77.7 cm³/mol. The second-order valence-corrected chi connectivity index (χ2v) is 6.03. The second-order valence-electron chi connectivity index (χ2n) is 6.03. The number of aliphatic hydroxyl groups is 1. The molecular formula is C16H27NO. The van der Waals surface area contributed by atoms with Gasteiger partial charge in [0, 0.05) is 13.2 Å². The summed E-state index contributed by atoms with van der Waals surface area (Å²) in [7, 11) is 0. The monoisotopic (exact) mass is 249 g/mol. The van der Waals surface area contributed by atoms with E-state index in [1.165, 1.54) is 16.7 Å². The van der Waals surface area contributed by atoms with Gasteiger partial charge in [0.2, 0.25) is 0 Å². The zero-order chi connectivity index (χ0) is 13.6. The quantitative estimate of drug-likeness (QED) is 0.727. The zero-order valence-corrected chi connectivity index (χ0v) is 12.2. The first-order valence-corrected chi connectivity index (χ1v) is 6.82. The van der Waals surface area contributed by atoms with Crippen molar-refractivity contribution < 1.29 is 5.11 Å². The molecule has 1 rings (SSSR count). The van der Waals surface area contributed by atoms with Crippen LogP contribution in [0.3, 0.4) is 0 Å². The van der Waals surface area contributed by atoms with E-state index < -0.39 is 0 Å². The third-order valence-corrected chi connectivity index (χ3v) is 3.45. The van der Waals surface area contributed by atoms with Crippen molar-refractivity contribution in [3.8, 4) is 0 Å². The number of nitrogens with one attached hydrogen (secondary N) is 1. The van der Waals surface area contributed by atoms with Gasteiger partial charge in [-0.2, -0.15) is 0 Å². The maximum absolute atomic E-state index is 9.17. The minimum Gasteiger partial charge on any atom is -0.396 e. The molecule has 0 saturated heterocycles. The topological polar surface area (TPSA) is 32.3 Å². The molecule has 0 aliphatic heterocycles. The number of aryl methyl sites for hydroxylation is 2. The van der Waals surface area contributed by atoms with Crippen LogP contribution in [0, 0.1) is 19.3 Å². The largest absolute Gasteiger partial charge is 0.396 e. The Kier molecular flexibility index (Phi) is 5.83. The van der Waals surface area contributed by atoms with Crippen molar-refractivity contribution in [3.63, 3.8) is 0 Å². The molecule has 0 bridgehead atoms. The van der Waals surface area contributed by atoms with Crippen LogP contribution in [0.4, 0.5) is 0 Å². The van der Waals surface area contributed by atoms with E-state index in [1.807, 2.05) is 0 Å². The first-order valence-electron chi connectivity index (χ1n) is 6.82. The third-order valence-electron chi connectivity index (χ3n) is 3.45. The summed E-state index contributed by atoms with van der Waals surface area (Å²) in [5, 5.41) is 12.6. The average Bonchev–Trinajstić information content (AvgIpc) is 2.31. The van der Waals surface area contributed by atoms with E-state index in [-0.39, 0.29) is 12.0 Å². The third kappa shape index (κ3) is 5.19. The van der Waals surface area contributed by atoms with Crippen LogP contribution in [0.2, 0.25) is 0 Å². The number of hydrogen-bond donors (Lipinski definition) is 2. The van der Waals surface area contributed by atoms with Crippen molar-refractivity contribution in [2.45, 2.75) is 47.1 Å². The molecule has 0 spiro atoms. The van der Waals surface area contributed by atoms with Gasteiger partial charge in [-0.15, -0.1) is 0 Å². The van der Waals surface area contributed by atoms with Gasteiger partial charge < -0.3 is 10.4 Å². The molecule has 0 saturated carbocycles. The van der Waals surface area contributed by atoms with Gasteiger partial charge >= 0.3 is 0 Å². The van der Waals surface area contributed by atoms with Gasteiger partial charge in [-0.3, -0.25) is 0 Å². The normalized spacial score (nSPS) is 11.8. The van der Waals surface area contributed by atoms with Gasteiger partial charge in [-0.05, 0) is 49.8 Å². The Balaban J connectivity index is 2.26. The fourth-order valence-electron chi connectivity index (χ4n) is 2.04. The van der Waals surface area contributed by atoms with Crippen LogP contribution in [-0.2, 0) is 6.54 Å². The molecule has 0 aliphatic carbocycles. The molecule has 0 radical (unpaired) electrons. The van der Waals surface area contributed by atoms with Gasteiger partial charge in [0.15, 0.2) is 0 Å². The van der Waals surface area contributed by atoms with Crippen molar-refractivity contribution in [2.75, 3.05) is 13.2 Å². The molecule has 0 unspecified atom stereocenters. The van der Waals surface area contributed by atoms with Crippen molar-refractivity contribution in [1.29, 1.82) is 0 Å². The maximum atomic E-state index is 9.17. The standard InChI is InChI=1S/C16H27NO/c1-13-6-7-15(14(2)10-13)11-17-9-5-8-16(3,4)12-18/h6-7,10,17-18H,5,8-9,11-12H2,1-4H3. The van der Waals surface area contributed by atoms with Gasteiger partial charge in [0.05, 0.1) is 0 Å². The predicted octanol–water partition coefficient (Wildman–Crippen LogP) is 3.19. The van der Waals surface area contributed by atoms with Gasteiger partial charge in [0.25, 0.3) is 0 Å². The molecule has 0 fully saturated rings. The van der Waals surface area contributed by atoms with Crippen LogP contribution >= 0.6 is 0 Å². The fraction of sp³-hybridized carbons (Fsp3) is 0.625. The molecular weight excluding hydrogens is 222 g/mol. The van der Waals surface area contributed by atoms with Crippen LogP contribution in [-0.4, -0.2) is 18.3 Å². The van der Waals surface area contributed by atoms with Gasteiger partial charge in [0.1, 0.15) is 0 Å². The van der Waals surface area contributed by atoms with Crippen molar-refractivity contribution in [3.05, 3.63) is 34.9 Å². The minimum absolute atomic E-state index is 0.0570. The van der Waals surface area contributed by atoms with E-state index in [2.05, 4.69) is 51.2 Å². The molecule has 2 N–H and O–H groups in total. The Labute approximate surface area is 111 Å². The lowest BCUT2D eigenvalue weighted by atomic mass is 9.89. The van der Waals surface area contributed by atoms with E-state index in [4.69, 9.17) is 0 Å². The van der Waals surface area contributed by atoms with Crippen LogP contribution in [0.1, 0.15) is 43.4 Å². The molecule has 0 aromatic heterocycles. The Hall–Kier alpha value is -0.860. The summed E-state index contributed by atoms with van der Waals surface area (Å²) in [6, 6.07) is 6.60. The van der Waals surface area contributed by atoms with Crippen LogP contribution in [0.15, 0.2) is 18.2 Å². The van der Waals surface area contributed by atoms with Gasteiger partial charge in [-0.1, -0.05) is 37.6 Å². The maximum Gasteiger partial charge on any atom is 0.0482 e. The van der Waals surface area contributed by atoms with Crippen LogP contribution < -0.4 is 5.32 Å². The number of hydrogen-bond acceptors (Lipinski definition) is 2. The lowest BCUT2D eigenvalue weighted by molar-refractivity contribution is 0.148. The first kappa shape index (κ1) is 15.2. The fourth-order valence-corrected chi connectivity index (χ4v) is 2.04. The molecule has 0 heterocycles. The van der Waals surface area contributed by atoms with Crippen LogP contribution in [0.5, 0.6) is 0 Å². The Morgan fingerprint density at radius 1 is 1.22 bits per heavy atom. The van der Waals surface area contributed by atoms with Crippen molar-refractivity contribution in [1.82, 2.24) is 5.32 Å². The Morgan fingerprint density at radius 3 is 2.56 bits per heavy atom. The second kappa shape index (κ2) is 6.91. The van der Waals surface area contributed by atoms with Gasteiger partial charge in [-0.25, -0.2) is 0 Å². The van der Waals surface area contributed by atoms with E-state index in [1.54, 1.807) is 0 Å². The molecule has 102 valence electrons. The highest BCUT2D eigenvalue weighted by atomic mass is 16.3. The molecule has 1 aromatic rings. The highest BCUT2D eigenvalue weighted by molar-refractivity contribution is 5.30. The minimum atomic E-state index is 0.0570. The average molecular weight is 249 g/mol. The summed E-state index contributed by atoms with van der Waals surface area (Å²) in [6.07, 6.45) is 2.17. The van der Waals surface area contributed by atoms with Crippen LogP contribution in [0.25, 0.3) is 0 Å². The van der Waals surface area contributed by atoms with E-state index in [0.29, 0.717) is 0 Å². The Bertz CT molecular complexity index is 371. The lowest BCUT2D eigenvalue weighted by Gasteiger charge is -2.21. The zero-order valence-electron chi connectivity index (χ0n) is 12.2. The summed E-state index contributed by atoms with van der Waals surface area (Å²) in [5.41, 5.74) is 4.11. The first-order chi connectivity index (χ1) is 8.44. The van der Waals surface area contributed by atoms with E-state index in [9.17, 15) is 5.11 Å². The smallest absolute Gasteiger partial charge is 0.0482 e. The summed E-state index contributed by atoms with van der Waals surface area (Å²) in [5.74, 6) is 0. The number of benzene rings is 1. The lowest BCUT2D eigenvalue weighted by Crippen LogP contribution is -2.21. The van der Waals surface area contributed by atoms with E-state index in [0.717, 1.165) is 25.9 Å². The molecule has 0 atom stereocenters. The number of rotatable bonds is 7. The molecule has 2 heteroatoms. The highest BCUT2D eigenvalue weighted by Gasteiger charge is 2.15. The SMILES string of the molecule is Cc1ccc(CNCCCC(C)(C)CO)c(C)c1. The van der Waals surface area contributed by atoms with Crippen molar-refractivity contribution in [2.24, 2.45) is 5.41 Å². The summed E-state index contributed by atoms with van der Waals surface area (Å²) in [4.78, 5) is 0. The van der Waals surface area contributed by atoms with Crippen molar-refractivity contribution >= 4 is 0 Å². The number of aliphatic hydroxyl groups excluding tert-OH is 1. The molecule has 18 heavy (non-hydrogen) atoms. The summed E-state index contributed by atoms with van der Waals surface area (Å²) in [6.45, 7) is 10.7. The molecule has 2 nitrogen and oxygen atoms in total. The molecule has 0 amide bonds. The molecule has 1 aromatic carbocycles. The molecule has 0 aliphatic rings.